The topological polar surface area (TPSA) is 51.5 Å². The first-order chi connectivity index (χ1) is 11.3. The van der Waals surface area contributed by atoms with Crippen LogP contribution in [0.2, 0.25) is 0 Å². The van der Waals surface area contributed by atoms with Crippen molar-refractivity contribution in [2.45, 2.75) is 0 Å². The highest BCUT2D eigenvalue weighted by Crippen LogP contribution is 2.36. The third-order valence-electron chi connectivity index (χ3n) is 3.73. The Morgan fingerprint density at radius 2 is 2.00 bits per heavy atom. The number of carbonyl (C=O) groups is 1. The van der Waals surface area contributed by atoms with Crippen LogP contribution in [0.1, 0.15) is 10.4 Å². The van der Waals surface area contributed by atoms with Crippen molar-refractivity contribution < 1.29 is 13.9 Å². The summed E-state index contributed by atoms with van der Waals surface area (Å²) in [6.07, 6.45) is 0. The largest absolute Gasteiger partial charge is 0.495 e. The fourth-order valence-electron chi connectivity index (χ4n) is 2.61. The van der Waals surface area contributed by atoms with Crippen molar-refractivity contribution in [3.63, 3.8) is 0 Å². The van der Waals surface area contributed by atoms with E-state index in [-0.39, 0.29) is 5.91 Å². The van der Waals surface area contributed by atoms with Gasteiger partial charge >= 0.3 is 0 Å². The van der Waals surface area contributed by atoms with Crippen molar-refractivity contribution in [2.75, 3.05) is 12.4 Å². The molecule has 4 nitrogen and oxygen atoms in total. The van der Waals surface area contributed by atoms with E-state index in [1.54, 1.807) is 19.2 Å². The van der Waals surface area contributed by atoms with E-state index >= 15 is 0 Å². The quantitative estimate of drug-likeness (QED) is 0.583. The third kappa shape index (κ3) is 2.35. The molecule has 1 N–H and O–H groups in total. The van der Waals surface area contributed by atoms with E-state index in [4.69, 9.17) is 9.15 Å². The van der Waals surface area contributed by atoms with E-state index in [0.717, 1.165) is 16.4 Å². The molecule has 0 saturated heterocycles. The fourth-order valence-corrected chi connectivity index (χ4v) is 3.24. The van der Waals surface area contributed by atoms with E-state index in [0.29, 0.717) is 22.6 Å². The molecule has 0 atom stereocenters. The van der Waals surface area contributed by atoms with Gasteiger partial charge in [-0.3, -0.25) is 4.79 Å². The highest BCUT2D eigenvalue weighted by Gasteiger charge is 2.14. The van der Waals surface area contributed by atoms with Gasteiger partial charge in [0, 0.05) is 22.2 Å². The second-order valence-electron chi connectivity index (χ2n) is 5.11. The van der Waals surface area contributed by atoms with Gasteiger partial charge in [-0.15, -0.1) is 0 Å². The molecular weight excluding hydrogens is 310 g/mol. The predicted molar refractivity (Wildman–Crippen MR) is 92.5 cm³/mol. The SMILES string of the molecule is COc1cc2c(cc1NC(=O)c1ccsc1)oc1ccccc12. The molecule has 4 aromatic rings. The zero-order valence-corrected chi connectivity index (χ0v) is 13.1. The van der Waals surface area contributed by atoms with Crippen LogP contribution in [0.15, 0.2) is 57.6 Å². The summed E-state index contributed by atoms with van der Waals surface area (Å²) >= 11 is 1.48. The van der Waals surface area contributed by atoms with Crippen LogP contribution in [0.3, 0.4) is 0 Å². The maximum Gasteiger partial charge on any atom is 0.256 e. The lowest BCUT2D eigenvalue weighted by atomic mass is 10.1. The minimum Gasteiger partial charge on any atom is -0.495 e. The first kappa shape index (κ1) is 13.8. The molecule has 1 amide bonds. The van der Waals surface area contributed by atoms with Gasteiger partial charge in [0.05, 0.1) is 18.4 Å². The molecule has 0 unspecified atom stereocenters. The Morgan fingerprint density at radius 3 is 2.78 bits per heavy atom. The van der Waals surface area contributed by atoms with Crippen molar-refractivity contribution in [2.24, 2.45) is 0 Å². The summed E-state index contributed by atoms with van der Waals surface area (Å²) in [5.41, 5.74) is 2.75. The Morgan fingerprint density at radius 1 is 1.13 bits per heavy atom. The first-order valence-electron chi connectivity index (χ1n) is 7.09. The molecular formula is C18H13NO3S. The fraction of sp³-hybridized carbons (Fsp3) is 0.0556. The van der Waals surface area contributed by atoms with Gasteiger partial charge in [0.15, 0.2) is 0 Å². The second-order valence-corrected chi connectivity index (χ2v) is 5.89. The summed E-state index contributed by atoms with van der Waals surface area (Å²) in [6.45, 7) is 0. The summed E-state index contributed by atoms with van der Waals surface area (Å²) in [4.78, 5) is 12.3. The molecule has 2 aromatic carbocycles. The number of amides is 1. The van der Waals surface area contributed by atoms with E-state index in [9.17, 15) is 4.79 Å². The molecule has 0 aliphatic rings. The summed E-state index contributed by atoms with van der Waals surface area (Å²) in [5, 5.41) is 8.55. The Balaban J connectivity index is 1.82. The third-order valence-corrected chi connectivity index (χ3v) is 4.41. The van der Waals surface area contributed by atoms with Crippen molar-refractivity contribution in [3.05, 3.63) is 58.8 Å². The molecule has 23 heavy (non-hydrogen) atoms. The van der Waals surface area contributed by atoms with Gasteiger partial charge in [-0.2, -0.15) is 11.3 Å². The molecule has 4 rings (SSSR count). The Kier molecular flexibility index (Phi) is 3.28. The Bertz CT molecular complexity index is 1000. The van der Waals surface area contributed by atoms with Crippen LogP contribution in [0.5, 0.6) is 5.75 Å². The molecule has 0 aliphatic heterocycles. The van der Waals surface area contributed by atoms with Crippen molar-refractivity contribution in [3.8, 4) is 5.75 Å². The van der Waals surface area contributed by atoms with Crippen molar-refractivity contribution >= 4 is 44.9 Å². The van der Waals surface area contributed by atoms with Gasteiger partial charge < -0.3 is 14.5 Å². The number of benzene rings is 2. The highest BCUT2D eigenvalue weighted by molar-refractivity contribution is 7.08. The number of methoxy groups -OCH3 is 1. The maximum atomic E-state index is 12.3. The smallest absolute Gasteiger partial charge is 0.256 e. The molecule has 0 radical (unpaired) electrons. The van der Waals surface area contributed by atoms with Crippen LogP contribution in [-0.4, -0.2) is 13.0 Å². The zero-order valence-electron chi connectivity index (χ0n) is 12.3. The number of anilines is 1. The average molecular weight is 323 g/mol. The maximum absolute atomic E-state index is 12.3. The van der Waals surface area contributed by atoms with Crippen molar-refractivity contribution in [1.29, 1.82) is 0 Å². The molecule has 2 heterocycles. The molecule has 0 saturated carbocycles. The number of nitrogens with one attached hydrogen (secondary N) is 1. The molecule has 114 valence electrons. The lowest BCUT2D eigenvalue weighted by molar-refractivity contribution is 0.102. The molecule has 0 aliphatic carbocycles. The zero-order chi connectivity index (χ0) is 15.8. The molecule has 5 heteroatoms. The number of rotatable bonds is 3. The summed E-state index contributed by atoms with van der Waals surface area (Å²) < 4.78 is 11.3. The van der Waals surface area contributed by atoms with Crippen LogP contribution >= 0.6 is 11.3 Å². The standard InChI is InChI=1S/C18H13NO3S/c1-21-17-8-13-12-4-2-3-5-15(12)22-16(13)9-14(17)19-18(20)11-6-7-23-10-11/h2-10H,1H3,(H,19,20). The first-order valence-corrected chi connectivity index (χ1v) is 8.03. The van der Waals surface area contributed by atoms with Gasteiger partial charge in [0.1, 0.15) is 16.9 Å². The molecule has 0 bridgehead atoms. The number of hydrogen-bond acceptors (Lipinski definition) is 4. The number of para-hydroxylation sites is 1. The minimum absolute atomic E-state index is 0.167. The second kappa shape index (κ2) is 5.44. The van der Waals surface area contributed by atoms with E-state index in [1.807, 2.05) is 41.1 Å². The monoisotopic (exact) mass is 323 g/mol. The normalized spacial score (nSPS) is 11.0. The summed E-state index contributed by atoms with van der Waals surface area (Å²) in [7, 11) is 1.59. The number of fused-ring (bicyclic) bond motifs is 3. The minimum atomic E-state index is -0.167. The van der Waals surface area contributed by atoms with Gasteiger partial charge in [0.2, 0.25) is 0 Å². The Hall–Kier alpha value is -2.79. The van der Waals surface area contributed by atoms with Gasteiger partial charge in [-0.05, 0) is 23.6 Å². The average Bonchev–Trinajstić information content (AvgIpc) is 3.21. The van der Waals surface area contributed by atoms with Crippen LogP contribution < -0.4 is 10.1 Å². The number of ether oxygens (including phenoxy) is 1. The highest BCUT2D eigenvalue weighted by atomic mass is 32.1. The lowest BCUT2D eigenvalue weighted by Crippen LogP contribution is -2.11. The molecule has 0 fully saturated rings. The van der Waals surface area contributed by atoms with Gasteiger partial charge in [-0.1, -0.05) is 18.2 Å². The van der Waals surface area contributed by atoms with Crippen molar-refractivity contribution in [1.82, 2.24) is 0 Å². The van der Waals surface area contributed by atoms with Gasteiger partial charge in [-0.25, -0.2) is 0 Å². The number of furan rings is 1. The van der Waals surface area contributed by atoms with Crippen LogP contribution in [0.4, 0.5) is 5.69 Å². The lowest BCUT2D eigenvalue weighted by Gasteiger charge is -2.09. The predicted octanol–water partition coefficient (Wildman–Crippen LogP) is 4.91. The number of hydrogen-bond donors (Lipinski definition) is 1. The van der Waals surface area contributed by atoms with Crippen LogP contribution in [-0.2, 0) is 0 Å². The summed E-state index contributed by atoms with van der Waals surface area (Å²) in [6, 6.07) is 13.3. The summed E-state index contributed by atoms with van der Waals surface area (Å²) in [5.74, 6) is 0.438. The van der Waals surface area contributed by atoms with Crippen LogP contribution in [0, 0.1) is 0 Å². The van der Waals surface area contributed by atoms with Gasteiger partial charge in [0.25, 0.3) is 5.91 Å². The van der Waals surface area contributed by atoms with E-state index in [1.165, 1.54) is 11.3 Å². The molecule has 2 aromatic heterocycles. The number of carbonyl (C=O) groups excluding carboxylic acids is 1. The van der Waals surface area contributed by atoms with E-state index in [2.05, 4.69) is 5.32 Å². The van der Waals surface area contributed by atoms with E-state index < -0.39 is 0 Å². The Labute approximate surface area is 136 Å². The number of thiophene rings is 1. The van der Waals surface area contributed by atoms with Crippen LogP contribution in [0.25, 0.3) is 21.9 Å². The molecule has 0 spiro atoms.